The summed E-state index contributed by atoms with van der Waals surface area (Å²) in [5, 5.41) is 11.6. The maximum absolute atomic E-state index is 11.9. The summed E-state index contributed by atoms with van der Waals surface area (Å²) in [6.45, 7) is 9.21. The van der Waals surface area contributed by atoms with Gasteiger partial charge in [0.15, 0.2) is 0 Å². The molecule has 0 unspecified atom stereocenters. The minimum atomic E-state index is -0.0896. The Morgan fingerprint density at radius 2 is 1.89 bits per heavy atom. The van der Waals surface area contributed by atoms with E-state index in [2.05, 4.69) is 33.0 Å². The van der Waals surface area contributed by atoms with Gasteiger partial charge in [-0.15, -0.1) is 0 Å². The maximum Gasteiger partial charge on any atom is 0.251 e. The van der Waals surface area contributed by atoms with Gasteiger partial charge in [-0.05, 0) is 35.6 Å². The van der Waals surface area contributed by atoms with E-state index in [-0.39, 0.29) is 11.3 Å². The molecule has 1 rings (SSSR count). The molecular formula is C15H20N2O. The zero-order chi connectivity index (χ0) is 13.8. The van der Waals surface area contributed by atoms with Crippen molar-refractivity contribution in [1.29, 1.82) is 5.26 Å². The lowest BCUT2D eigenvalue weighted by Crippen LogP contribution is -2.36. The molecule has 0 aliphatic rings. The number of carbonyl (C=O) groups is 1. The summed E-state index contributed by atoms with van der Waals surface area (Å²) in [5.41, 5.74) is 1.23. The smallest absolute Gasteiger partial charge is 0.251 e. The van der Waals surface area contributed by atoms with Gasteiger partial charge in [0.05, 0.1) is 11.6 Å². The third-order valence-electron chi connectivity index (χ3n) is 3.54. The van der Waals surface area contributed by atoms with E-state index in [9.17, 15) is 4.79 Å². The first-order valence-corrected chi connectivity index (χ1v) is 6.15. The molecule has 0 saturated carbocycles. The molecule has 3 heteroatoms. The molecule has 1 aromatic rings. The number of nitriles is 1. The zero-order valence-electron chi connectivity index (χ0n) is 11.4. The molecule has 1 amide bonds. The normalized spacial score (nSPS) is 11.1. The molecule has 0 radical (unpaired) electrons. The number of hydrogen-bond donors (Lipinski definition) is 1. The van der Waals surface area contributed by atoms with E-state index in [0.29, 0.717) is 23.6 Å². The molecule has 18 heavy (non-hydrogen) atoms. The summed E-state index contributed by atoms with van der Waals surface area (Å²) in [5.74, 6) is 0.409. The van der Waals surface area contributed by atoms with Crippen LogP contribution in [0.15, 0.2) is 24.3 Å². The second-order valence-corrected chi connectivity index (χ2v) is 5.52. The highest BCUT2D eigenvalue weighted by molar-refractivity contribution is 5.94. The van der Waals surface area contributed by atoms with Crippen molar-refractivity contribution in [1.82, 2.24) is 5.32 Å². The summed E-state index contributed by atoms with van der Waals surface area (Å²) in [6.07, 6.45) is 0. The van der Waals surface area contributed by atoms with Crippen molar-refractivity contribution in [2.24, 2.45) is 11.3 Å². The van der Waals surface area contributed by atoms with Crippen molar-refractivity contribution in [2.75, 3.05) is 6.54 Å². The van der Waals surface area contributed by atoms with E-state index >= 15 is 0 Å². The Hall–Kier alpha value is -1.82. The number of benzene rings is 1. The predicted molar refractivity (Wildman–Crippen MR) is 72.1 cm³/mol. The Labute approximate surface area is 109 Å². The molecule has 0 saturated heterocycles. The van der Waals surface area contributed by atoms with Crippen LogP contribution in [0.4, 0.5) is 0 Å². The lowest BCUT2D eigenvalue weighted by molar-refractivity contribution is 0.0925. The van der Waals surface area contributed by atoms with Crippen LogP contribution in [0.5, 0.6) is 0 Å². The average Bonchev–Trinajstić information content (AvgIpc) is 2.36. The fraction of sp³-hybridized carbons (Fsp3) is 0.467. The van der Waals surface area contributed by atoms with Crippen molar-refractivity contribution < 1.29 is 4.79 Å². The third-order valence-corrected chi connectivity index (χ3v) is 3.54. The minimum Gasteiger partial charge on any atom is -0.351 e. The molecule has 1 N–H and O–H groups in total. The lowest BCUT2D eigenvalue weighted by atomic mass is 9.81. The summed E-state index contributed by atoms with van der Waals surface area (Å²) >= 11 is 0. The second-order valence-electron chi connectivity index (χ2n) is 5.52. The molecule has 0 aliphatic carbocycles. The molecule has 3 nitrogen and oxygen atoms in total. The Balaban J connectivity index is 2.63. The van der Waals surface area contributed by atoms with Gasteiger partial charge in [-0.1, -0.05) is 27.7 Å². The Kier molecular flexibility index (Phi) is 4.49. The van der Waals surface area contributed by atoms with Gasteiger partial charge in [0.2, 0.25) is 0 Å². The highest BCUT2D eigenvalue weighted by Crippen LogP contribution is 2.24. The van der Waals surface area contributed by atoms with E-state index in [1.165, 1.54) is 0 Å². The van der Waals surface area contributed by atoms with Gasteiger partial charge in [-0.25, -0.2) is 0 Å². The summed E-state index contributed by atoms with van der Waals surface area (Å²) in [4.78, 5) is 11.9. The predicted octanol–water partition coefficient (Wildman–Crippen LogP) is 2.97. The highest BCUT2D eigenvalue weighted by Gasteiger charge is 2.23. The molecule has 0 atom stereocenters. The molecule has 1 aromatic carbocycles. The van der Waals surface area contributed by atoms with Gasteiger partial charge in [0.25, 0.3) is 5.91 Å². The highest BCUT2D eigenvalue weighted by atomic mass is 16.1. The topological polar surface area (TPSA) is 52.9 Å². The van der Waals surface area contributed by atoms with E-state index in [1.54, 1.807) is 24.3 Å². The van der Waals surface area contributed by atoms with Gasteiger partial charge in [0, 0.05) is 12.1 Å². The van der Waals surface area contributed by atoms with Crippen LogP contribution in [-0.2, 0) is 0 Å². The molecule has 0 bridgehead atoms. The Bertz CT molecular complexity index is 452. The quantitative estimate of drug-likeness (QED) is 0.885. The number of nitrogens with zero attached hydrogens (tertiary/aromatic N) is 1. The molecule has 0 aromatic heterocycles. The number of amides is 1. The summed E-state index contributed by atoms with van der Waals surface area (Å²) < 4.78 is 0. The van der Waals surface area contributed by atoms with Crippen molar-refractivity contribution in [3.63, 3.8) is 0 Å². The van der Waals surface area contributed by atoms with E-state index in [4.69, 9.17) is 5.26 Å². The van der Waals surface area contributed by atoms with E-state index < -0.39 is 0 Å². The first-order valence-electron chi connectivity index (χ1n) is 6.15. The van der Waals surface area contributed by atoms with E-state index in [0.717, 1.165) is 0 Å². The molecule has 0 spiro atoms. The first kappa shape index (κ1) is 14.2. The van der Waals surface area contributed by atoms with Crippen LogP contribution in [0.1, 0.15) is 43.6 Å². The van der Waals surface area contributed by atoms with Crippen molar-refractivity contribution >= 4 is 5.91 Å². The van der Waals surface area contributed by atoms with Crippen molar-refractivity contribution in [2.45, 2.75) is 27.7 Å². The van der Waals surface area contributed by atoms with Gasteiger partial charge >= 0.3 is 0 Å². The van der Waals surface area contributed by atoms with Crippen LogP contribution < -0.4 is 5.32 Å². The standard InChI is InChI=1S/C15H20N2O/c1-11(2)15(3,4)10-17-14(18)13-7-5-12(9-16)6-8-13/h5-8,11H,10H2,1-4H3,(H,17,18). The van der Waals surface area contributed by atoms with Crippen LogP contribution >= 0.6 is 0 Å². The second kappa shape index (κ2) is 5.68. The van der Waals surface area contributed by atoms with Crippen LogP contribution in [0, 0.1) is 22.7 Å². The fourth-order valence-electron chi connectivity index (χ4n) is 1.31. The van der Waals surface area contributed by atoms with Gasteiger partial charge in [-0.2, -0.15) is 5.26 Å². The van der Waals surface area contributed by atoms with Crippen molar-refractivity contribution in [3.8, 4) is 6.07 Å². The van der Waals surface area contributed by atoms with Gasteiger partial charge in [-0.3, -0.25) is 4.79 Å². The molecular weight excluding hydrogens is 224 g/mol. The SMILES string of the molecule is CC(C)C(C)(C)CNC(=O)c1ccc(C#N)cc1. The monoisotopic (exact) mass is 244 g/mol. The Morgan fingerprint density at radius 3 is 2.33 bits per heavy atom. The largest absolute Gasteiger partial charge is 0.351 e. The summed E-state index contributed by atoms with van der Waals surface area (Å²) in [7, 11) is 0. The number of nitrogens with one attached hydrogen (secondary N) is 1. The minimum absolute atomic E-state index is 0.0717. The zero-order valence-corrected chi connectivity index (χ0v) is 11.4. The van der Waals surface area contributed by atoms with Crippen molar-refractivity contribution in [3.05, 3.63) is 35.4 Å². The molecule has 0 heterocycles. The number of hydrogen-bond acceptors (Lipinski definition) is 2. The molecule has 96 valence electrons. The third kappa shape index (κ3) is 3.59. The lowest BCUT2D eigenvalue weighted by Gasteiger charge is -2.29. The van der Waals surface area contributed by atoms with Gasteiger partial charge in [0.1, 0.15) is 0 Å². The van der Waals surface area contributed by atoms with E-state index in [1.807, 2.05) is 6.07 Å². The van der Waals surface area contributed by atoms with Crippen LogP contribution in [-0.4, -0.2) is 12.5 Å². The average molecular weight is 244 g/mol. The Morgan fingerprint density at radius 1 is 1.33 bits per heavy atom. The first-order chi connectivity index (χ1) is 8.36. The van der Waals surface area contributed by atoms with Crippen LogP contribution in [0.2, 0.25) is 0 Å². The summed E-state index contributed by atoms with van der Waals surface area (Å²) in [6, 6.07) is 8.70. The van der Waals surface area contributed by atoms with Gasteiger partial charge < -0.3 is 5.32 Å². The fourth-order valence-corrected chi connectivity index (χ4v) is 1.31. The maximum atomic E-state index is 11.9. The van der Waals surface area contributed by atoms with Crippen LogP contribution in [0.25, 0.3) is 0 Å². The molecule has 0 fully saturated rings. The number of carbonyl (C=O) groups excluding carboxylic acids is 1. The molecule has 0 aliphatic heterocycles. The number of rotatable bonds is 4. The van der Waals surface area contributed by atoms with Crippen LogP contribution in [0.3, 0.4) is 0 Å².